The number of hydrogen-bond donors (Lipinski definition) is 1. The second kappa shape index (κ2) is 5.39. The first kappa shape index (κ1) is 11.6. The second-order valence-corrected chi connectivity index (χ2v) is 3.70. The third-order valence-electron chi connectivity index (χ3n) is 2.38. The van der Waals surface area contributed by atoms with Gasteiger partial charge in [-0.2, -0.15) is 0 Å². The van der Waals surface area contributed by atoms with Gasteiger partial charge < -0.3 is 10.5 Å². The predicted octanol–water partition coefficient (Wildman–Crippen LogP) is 2.47. The van der Waals surface area contributed by atoms with Crippen LogP contribution in [0.1, 0.15) is 30.6 Å². The Morgan fingerprint density at radius 2 is 2.13 bits per heavy atom. The summed E-state index contributed by atoms with van der Waals surface area (Å²) in [7, 11) is 0. The zero-order valence-electron chi connectivity index (χ0n) is 9.19. The Bertz CT molecular complexity index is 336. The Balaban J connectivity index is 2.58. The highest BCUT2D eigenvalue weighted by atomic mass is 16.5. The first-order valence-corrected chi connectivity index (χ1v) is 5.16. The van der Waals surface area contributed by atoms with Crippen LogP contribution >= 0.6 is 0 Å². The fourth-order valence-corrected chi connectivity index (χ4v) is 1.10. The van der Waals surface area contributed by atoms with Gasteiger partial charge in [0.25, 0.3) is 0 Å². The fourth-order valence-electron chi connectivity index (χ4n) is 1.10. The lowest BCUT2D eigenvalue weighted by atomic mass is 10.1. The summed E-state index contributed by atoms with van der Waals surface area (Å²) in [4.78, 5) is 11.6. The van der Waals surface area contributed by atoms with E-state index in [2.05, 4.69) is 6.92 Å². The number of nitrogens with two attached hydrogens (primary N) is 1. The molecule has 0 aliphatic rings. The fraction of sp³-hybridized carbons (Fsp3) is 0.417. The monoisotopic (exact) mass is 207 g/mol. The third kappa shape index (κ3) is 3.27. The molecule has 0 radical (unpaired) electrons. The Kier molecular flexibility index (Phi) is 4.16. The maximum Gasteiger partial charge on any atom is 0.340 e. The van der Waals surface area contributed by atoms with Crippen molar-refractivity contribution in [2.45, 2.75) is 20.3 Å². The molecule has 0 bridgehead atoms. The first-order chi connectivity index (χ1) is 7.15. The van der Waals surface area contributed by atoms with Gasteiger partial charge >= 0.3 is 5.97 Å². The van der Waals surface area contributed by atoms with Gasteiger partial charge in [-0.25, -0.2) is 4.79 Å². The number of carbonyl (C=O) groups is 1. The van der Waals surface area contributed by atoms with Crippen molar-refractivity contribution in [2.75, 3.05) is 12.3 Å². The number of hydrogen-bond acceptors (Lipinski definition) is 3. The summed E-state index contributed by atoms with van der Waals surface area (Å²) in [6.45, 7) is 4.56. The van der Waals surface area contributed by atoms with Gasteiger partial charge in [0.15, 0.2) is 0 Å². The predicted molar refractivity (Wildman–Crippen MR) is 60.6 cm³/mol. The molecule has 1 rings (SSSR count). The number of benzene rings is 1. The van der Waals surface area contributed by atoms with E-state index in [1.54, 1.807) is 24.3 Å². The molecular weight excluding hydrogens is 190 g/mol. The van der Waals surface area contributed by atoms with Gasteiger partial charge in [0, 0.05) is 5.69 Å². The number of esters is 1. The van der Waals surface area contributed by atoms with Crippen LogP contribution in [0.4, 0.5) is 5.69 Å². The molecule has 0 amide bonds. The van der Waals surface area contributed by atoms with Crippen molar-refractivity contribution in [2.24, 2.45) is 5.92 Å². The standard InChI is InChI=1S/C12H17NO2/c1-3-9(2)8-15-12(14)10-6-4-5-7-11(10)13/h4-7,9H,3,8,13H2,1-2H3. The molecular formula is C12H17NO2. The van der Waals surface area contributed by atoms with Crippen LogP contribution in [0.3, 0.4) is 0 Å². The lowest BCUT2D eigenvalue weighted by Gasteiger charge is -2.10. The quantitative estimate of drug-likeness (QED) is 0.609. The van der Waals surface area contributed by atoms with E-state index in [9.17, 15) is 4.79 Å². The zero-order chi connectivity index (χ0) is 11.3. The molecule has 0 aliphatic carbocycles. The summed E-state index contributed by atoms with van der Waals surface area (Å²) >= 11 is 0. The molecule has 3 heteroatoms. The summed E-state index contributed by atoms with van der Waals surface area (Å²) in [5.74, 6) is 0.0484. The zero-order valence-corrected chi connectivity index (χ0v) is 9.19. The van der Waals surface area contributed by atoms with Crippen LogP contribution in [0.5, 0.6) is 0 Å². The molecule has 1 unspecified atom stereocenters. The molecule has 0 saturated carbocycles. The van der Waals surface area contributed by atoms with Gasteiger partial charge in [0.1, 0.15) is 0 Å². The molecule has 82 valence electrons. The topological polar surface area (TPSA) is 52.3 Å². The van der Waals surface area contributed by atoms with Crippen molar-refractivity contribution in [1.29, 1.82) is 0 Å². The molecule has 15 heavy (non-hydrogen) atoms. The second-order valence-electron chi connectivity index (χ2n) is 3.70. The molecule has 1 aromatic rings. The molecule has 0 saturated heterocycles. The molecule has 0 heterocycles. The van der Waals surface area contributed by atoms with Crippen molar-refractivity contribution in [3.05, 3.63) is 29.8 Å². The van der Waals surface area contributed by atoms with Crippen LogP contribution in [0.25, 0.3) is 0 Å². The van der Waals surface area contributed by atoms with Crippen LogP contribution in [0.15, 0.2) is 24.3 Å². The van der Waals surface area contributed by atoms with Crippen LogP contribution in [-0.4, -0.2) is 12.6 Å². The number of anilines is 1. The molecule has 0 spiro atoms. The molecule has 2 N–H and O–H groups in total. The van der Waals surface area contributed by atoms with E-state index in [4.69, 9.17) is 10.5 Å². The Morgan fingerprint density at radius 1 is 1.47 bits per heavy atom. The van der Waals surface area contributed by atoms with Crippen LogP contribution in [-0.2, 0) is 4.74 Å². The summed E-state index contributed by atoms with van der Waals surface area (Å²) in [6.07, 6.45) is 0.998. The smallest absolute Gasteiger partial charge is 0.340 e. The first-order valence-electron chi connectivity index (χ1n) is 5.16. The van der Waals surface area contributed by atoms with Crippen LogP contribution in [0, 0.1) is 5.92 Å². The van der Waals surface area contributed by atoms with E-state index < -0.39 is 0 Å². The molecule has 1 aromatic carbocycles. The van der Waals surface area contributed by atoms with Gasteiger partial charge in [-0.3, -0.25) is 0 Å². The summed E-state index contributed by atoms with van der Waals surface area (Å²) in [5, 5.41) is 0. The van der Waals surface area contributed by atoms with Gasteiger partial charge in [-0.1, -0.05) is 32.4 Å². The van der Waals surface area contributed by atoms with Crippen molar-refractivity contribution in [3.8, 4) is 0 Å². The number of carbonyl (C=O) groups excluding carboxylic acids is 1. The minimum absolute atomic E-state index is 0.339. The average Bonchev–Trinajstić information content (AvgIpc) is 2.26. The summed E-state index contributed by atoms with van der Waals surface area (Å²) < 4.78 is 5.14. The van der Waals surface area contributed by atoms with E-state index in [0.717, 1.165) is 6.42 Å². The molecule has 0 fully saturated rings. The highest BCUT2D eigenvalue weighted by Crippen LogP contribution is 2.12. The molecule has 0 aromatic heterocycles. The molecule has 1 atom stereocenters. The summed E-state index contributed by atoms with van der Waals surface area (Å²) in [5.41, 5.74) is 6.57. The number of ether oxygens (including phenoxy) is 1. The van der Waals surface area contributed by atoms with Crippen molar-refractivity contribution in [1.82, 2.24) is 0 Å². The van der Waals surface area contributed by atoms with Gasteiger partial charge in [-0.05, 0) is 18.1 Å². The number of nitrogen functional groups attached to an aromatic ring is 1. The van der Waals surface area contributed by atoms with E-state index in [1.165, 1.54) is 0 Å². The van der Waals surface area contributed by atoms with E-state index in [-0.39, 0.29) is 5.97 Å². The maximum absolute atomic E-state index is 11.6. The SMILES string of the molecule is CCC(C)COC(=O)c1ccccc1N. The highest BCUT2D eigenvalue weighted by molar-refractivity contribution is 5.94. The average molecular weight is 207 g/mol. The lowest BCUT2D eigenvalue weighted by molar-refractivity contribution is 0.0448. The van der Waals surface area contributed by atoms with Gasteiger partial charge in [0.2, 0.25) is 0 Å². The number of para-hydroxylation sites is 1. The summed E-state index contributed by atoms with van der Waals surface area (Å²) in [6, 6.07) is 6.94. The highest BCUT2D eigenvalue weighted by Gasteiger charge is 2.11. The van der Waals surface area contributed by atoms with Crippen LogP contribution in [0.2, 0.25) is 0 Å². The number of rotatable bonds is 4. The third-order valence-corrected chi connectivity index (χ3v) is 2.38. The Morgan fingerprint density at radius 3 is 2.73 bits per heavy atom. The minimum Gasteiger partial charge on any atom is -0.462 e. The van der Waals surface area contributed by atoms with Crippen molar-refractivity contribution in [3.63, 3.8) is 0 Å². The van der Waals surface area contributed by atoms with Crippen molar-refractivity contribution < 1.29 is 9.53 Å². The Hall–Kier alpha value is -1.51. The van der Waals surface area contributed by atoms with Gasteiger partial charge in [0.05, 0.1) is 12.2 Å². The molecule has 0 aliphatic heterocycles. The van der Waals surface area contributed by atoms with Crippen molar-refractivity contribution >= 4 is 11.7 Å². The minimum atomic E-state index is -0.339. The maximum atomic E-state index is 11.6. The van der Waals surface area contributed by atoms with Crippen LogP contribution < -0.4 is 5.73 Å². The van der Waals surface area contributed by atoms with E-state index in [1.807, 2.05) is 6.92 Å². The largest absolute Gasteiger partial charge is 0.462 e. The molecule has 3 nitrogen and oxygen atoms in total. The van der Waals surface area contributed by atoms with E-state index in [0.29, 0.717) is 23.8 Å². The normalized spacial score (nSPS) is 12.1. The van der Waals surface area contributed by atoms with Gasteiger partial charge in [-0.15, -0.1) is 0 Å². The van der Waals surface area contributed by atoms with E-state index >= 15 is 0 Å². The lowest BCUT2D eigenvalue weighted by Crippen LogP contribution is -2.13. The Labute approximate surface area is 90.2 Å².